The average Bonchev–Trinajstić information content (AvgIpc) is 2.96. The summed E-state index contributed by atoms with van der Waals surface area (Å²) in [4.78, 5) is 14.7. The number of hydrogen-bond acceptors (Lipinski definition) is 3. The van der Waals surface area contributed by atoms with Crippen molar-refractivity contribution in [2.45, 2.75) is 25.3 Å². The summed E-state index contributed by atoms with van der Waals surface area (Å²) in [5, 5.41) is 5.27. The van der Waals surface area contributed by atoms with E-state index in [1.165, 1.54) is 28.5 Å². The van der Waals surface area contributed by atoms with Gasteiger partial charge in [-0.05, 0) is 37.3 Å². The lowest BCUT2D eigenvalue weighted by Crippen LogP contribution is -2.36. The zero-order chi connectivity index (χ0) is 19.0. The minimum Gasteiger partial charge on any atom is -0.338 e. The van der Waals surface area contributed by atoms with Crippen molar-refractivity contribution < 1.29 is 9.36 Å². The number of nitrogens with one attached hydrogen (secondary N) is 1. The number of benzene rings is 2. The van der Waals surface area contributed by atoms with E-state index >= 15 is 0 Å². The molecule has 0 atom stereocenters. The van der Waals surface area contributed by atoms with Crippen molar-refractivity contribution in [3.8, 4) is 0 Å². The molecule has 4 rings (SSSR count). The molecule has 0 fully saturated rings. The van der Waals surface area contributed by atoms with Crippen molar-refractivity contribution in [3.05, 3.63) is 65.3 Å². The van der Waals surface area contributed by atoms with Gasteiger partial charge in [-0.15, -0.1) is 0 Å². The van der Waals surface area contributed by atoms with Gasteiger partial charge in [0.05, 0.1) is 10.7 Å². The molecule has 3 aromatic rings. The van der Waals surface area contributed by atoms with Crippen LogP contribution in [0, 0.1) is 0 Å². The maximum absolute atomic E-state index is 11.3. The molecule has 136 valence electrons. The van der Waals surface area contributed by atoms with Crippen LogP contribution in [-0.4, -0.2) is 13.0 Å². The van der Waals surface area contributed by atoms with E-state index in [-0.39, 0.29) is 5.91 Å². The first kappa shape index (κ1) is 17.6. The first-order chi connectivity index (χ1) is 13.1. The highest BCUT2D eigenvalue weighted by Crippen LogP contribution is 2.46. The van der Waals surface area contributed by atoms with Crippen LogP contribution in [0.15, 0.2) is 64.5 Å². The Kier molecular flexibility index (Phi) is 4.62. The van der Waals surface area contributed by atoms with Gasteiger partial charge >= 0.3 is 0 Å². The van der Waals surface area contributed by atoms with Crippen LogP contribution in [0.4, 0.5) is 11.4 Å². The smallest absolute Gasteiger partial charge is 0.221 e. The summed E-state index contributed by atoms with van der Waals surface area (Å²) in [6, 6.07) is 18.9. The number of carbonyl (C=O) groups is 1. The Bertz CT molecular complexity index is 1070. The Morgan fingerprint density at radius 3 is 2.78 bits per heavy atom. The fourth-order valence-corrected chi connectivity index (χ4v) is 4.60. The topological polar surface area (TPSA) is 36.2 Å². The van der Waals surface area contributed by atoms with Crippen molar-refractivity contribution in [3.63, 3.8) is 0 Å². The third kappa shape index (κ3) is 3.30. The molecular weight excluding hydrogens is 354 g/mol. The number of nitrogens with zero attached hydrogens (tertiary/aromatic N) is 2. The van der Waals surface area contributed by atoms with Crippen LogP contribution in [0.5, 0.6) is 0 Å². The van der Waals surface area contributed by atoms with Crippen LogP contribution < -0.4 is 14.8 Å². The molecule has 0 aliphatic carbocycles. The minimum absolute atomic E-state index is 0.0535. The minimum atomic E-state index is -0.0535. The van der Waals surface area contributed by atoms with Crippen molar-refractivity contribution in [1.29, 1.82) is 0 Å². The Hall–Kier alpha value is -2.79. The van der Waals surface area contributed by atoms with E-state index in [2.05, 4.69) is 77.3 Å². The van der Waals surface area contributed by atoms with Gasteiger partial charge in [-0.25, -0.2) is 0 Å². The average molecular weight is 377 g/mol. The fourth-order valence-electron chi connectivity index (χ4n) is 3.46. The third-order valence-electron chi connectivity index (χ3n) is 4.75. The van der Waals surface area contributed by atoms with E-state index in [4.69, 9.17) is 0 Å². The molecule has 1 aliphatic rings. The van der Waals surface area contributed by atoms with Gasteiger partial charge in [-0.1, -0.05) is 23.9 Å². The first-order valence-electron chi connectivity index (χ1n) is 9.03. The Balaban J connectivity index is 1.73. The lowest BCUT2D eigenvalue weighted by atomic mass is 10.2. The summed E-state index contributed by atoms with van der Waals surface area (Å²) in [7, 11) is 2.08. The molecule has 1 aliphatic heterocycles. The molecule has 2 heterocycles. The quantitative estimate of drug-likeness (QED) is 0.676. The Morgan fingerprint density at radius 1 is 1.19 bits per heavy atom. The number of anilines is 2. The molecule has 1 amide bonds. The second kappa shape index (κ2) is 7.08. The number of amides is 1. The van der Waals surface area contributed by atoms with Gasteiger partial charge in [0.2, 0.25) is 17.1 Å². The molecule has 0 saturated carbocycles. The van der Waals surface area contributed by atoms with E-state index in [1.54, 1.807) is 11.8 Å². The van der Waals surface area contributed by atoms with Gasteiger partial charge in [-0.2, -0.15) is 4.57 Å². The van der Waals surface area contributed by atoms with E-state index in [0.717, 1.165) is 22.8 Å². The molecule has 1 N–H and O–H groups in total. The fraction of sp³-hybridized carbons (Fsp3) is 0.182. The van der Waals surface area contributed by atoms with E-state index in [0.29, 0.717) is 0 Å². The highest BCUT2D eigenvalue weighted by atomic mass is 32.2. The third-order valence-corrected chi connectivity index (χ3v) is 5.89. The Morgan fingerprint density at radius 2 is 2.00 bits per heavy atom. The van der Waals surface area contributed by atoms with Crippen molar-refractivity contribution >= 4 is 46.0 Å². The summed E-state index contributed by atoms with van der Waals surface area (Å²) >= 11 is 1.73. The van der Waals surface area contributed by atoms with Gasteiger partial charge in [0.25, 0.3) is 0 Å². The molecule has 0 bridgehead atoms. The predicted molar refractivity (Wildman–Crippen MR) is 113 cm³/mol. The number of thioether (sulfide) groups is 1. The summed E-state index contributed by atoms with van der Waals surface area (Å²) in [6.45, 7) is 4.62. The summed E-state index contributed by atoms with van der Waals surface area (Å²) < 4.78 is 2.34. The normalized spacial score (nSPS) is 14.6. The second-order valence-electron chi connectivity index (χ2n) is 6.57. The second-order valence-corrected chi connectivity index (χ2v) is 7.63. The Labute approximate surface area is 163 Å². The molecule has 5 heteroatoms. The molecule has 27 heavy (non-hydrogen) atoms. The van der Waals surface area contributed by atoms with Crippen LogP contribution in [-0.2, 0) is 11.3 Å². The highest BCUT2D eigenvalue weighted by Gasteiger charge is 2.24. The number of aryl methyl sites for hydroxylation is 1. The zero-order valence-corrected chi connectivity index (χ0v) is 16.5. The van der Waals surface area contributed by atoms with E-state index < -0.39 is 0 Å². The maximum atomic E-state index is 11.3. The van der Waals surface area contributed by atoms with Crippen LogP contribution in [0.2, 0.25) is 0 Å². The van der Waals surface area contributed by atoms with Gasteiger partial charge in [0, 0.05) is 48.1 Å². The van der Waals surface area contributed by atoms with Crippen LogP contribution in [0.1, 0.15) is 19.5 Å². The van der Waals surface area contributed by atoms with Gasteiger partial charge in [-0.3, -0.25) is 4.79 Å². The van der Waals surface area contributed by atoms with E-state index in [1.807, 2.05) is 12.1 Å². The molecule has 4 nitrogen and oxygen atoms in total. The summed E-state index contributed by atoms with van der Waals surface area (Å²) in [5.41, 5.74) is 4.41. The molecule has 2 aromatic carbocycles. The van der Waals surface area contributed by atoms with Crippen LogP contribution in [0.3, 0.4) is 0 Å². The predicted octanol–water partition coefficient (Wildman–Crippen LogP) is 4.65. The highest BCUT2D eigenvalue weighted by molar-refractivity contribution is 8.03. The molecule has 0 saturated heterocycles. The number of carbonyl (C=O) groups excluding carboxylic acids is 1. The number of hydrogen-bond donors (Lipinski definition) is 1. The SMILES string of the molecule is CC[n+]1c(C=C2Sc3cc(NC(C)=O)ccc3N2C)ccc2ccccc21. The molecule has 0 unspecified atom stereocenters. The van der Waals surface area contributed by atoms with Crippen molar-refractivity contribution in [1.82, 2.24) is 0 Å². The summed E-state index contributed by atoms with van der Waals surface area (Å²) in [6.07, 6.45) is 2.23. The van der Waals surface area contributed by atoms with Crippen LogP contribution in [0.25, 0.3) is 17.0 Å². The van der Waals surface area contributed by atoms with Gasteiger partial charge in [0.1, 0.15) is 6.54 Å². The zero-order valence-electron chi connectivity index (χ0n) is 15.7. The standard InChI is InChI=1S/C22H21N3OS/c1-4-25-18(11-9-16-7-5-6-8-19(16)25)14-22-24(3)20-12-10-17(23-15(2)26)13-21(20)27-22/h5-14H,4H2,1-3H3/p+1. The number of fused-ring (bicyclic) bond motifs is 2. The van der Waals surface area contributed by atoms with Crippen LogP contribution >= 0.6 is 11.8 Å². The summed E-state index contributed by atoms with van der Waals surface area (Å²) in [5.74, 6) is -0.0535. The van der Waals surface area contributed by atoms with E-state index in [9.17, 15) is 4.79 Å². The largest absolute Gasteiger partial charge is 0.338 e. The lowest BCUT2D eigenvalue weighted by molar-refractivity contribution is -0.669. The van der Waals surface area contributed by atoms with Crippen molar-refractivity contribution in [2.24, 2.45) is 0 Å². The van der Waals surface area contributed by atoms with Crippen molar-refractivity contribution in [2.75, 3.05) is 17.3 Å². The van der Waals surface area contributed by atoms with Gasteiger partial charge in [0.15, 0.2) is 0 Å². The number of para-hydroxylation sites is 1. The molecule has 0 radical (unpaired) electrons. The molecule has 1 aromatic heterocycles. The maximum Gasteiger partial charge on any atom is 0.221 e. The number of rotatable bonds is 3. The number of aromatic nitrogens is 1. The molecular formula is C22H22N3OS+. The number of pyridine rings is 1. The lowest BCUT2D eigenvalue weighted by Gasteiger charge is -2.13. The van der Waals surface area contributed by atoms with Gasteiger partial charge < -0.3 is 10.2 Å². The molecule has 0 spiro atoms. The first-order valence-corrected chi connectivity index (χ1v) is 9.85. The monoisotopic (exact) mass is 376 g/mol.